The average molecular weight is 218 g/mol. The molecule has 3 rings (SSSR count). The van der Waals surface area contributed by atoms with E-state index in [-0.39, 0.29) is 0 Å². The first-order valence-electron chi connectivity index (χ1n) is 4.66. The van der Waals surface area contributed by atoms with Crippen LogP contribution >= 0.6 is 23.1 Å². The maximum absolute atomic E-state index is 2.32. The zero-order chi connectivity index (χ0) is 9.54. The molecular formula is C12H10S2. The van der Waals surface area contributed by atoms with Gasteiger partial charge in [-0.1, -0.05) is 18.2 Å². The van der Waals surface area contributed by atoms with Gasteiger partial charge in [-0.15, -0.1) is 23.1 Å². The van der Waals surface area contributed by atoms with E-state index in [0.717, 1.165) is 5.75 Å². The Bertz CT molecular complexity index is 483. The lowest BCUT2D eigenvalue weighted by molar-refractivity contribution is 1.37. The minimum atomic E-state index is 1.14. The summed E-state index contributed by atoms with van der Waals surface area (Å²) in [5, 5.41) is 0. The highest BCUT2D eigenvalue weighted by Gasteiger charge is 2.17. The van der Waals surface area contributed by atoms with Crippen LogP contribution in [0.2, 0.25) is 0 Å². The van der Waals surface area contributed by atoms with Crippen molar-refractivity contribution in [3.05, 3.63) is 40.1 Å². The van der Waals surface area contributed by atoms with Crippen LogP contribution in [0.4, 0.5) is 0 Å². The molecule has 2 heterocycles. The monoisotopic (exact) mass is 218 g/mol. The molecule has 1 aliphatic rings. The van der Waals surface area contributed by atoms with Crippen LogP contribution in [0.25, 0.3) is 11.1 Å². The molecule has 0 aliphatic carbocycles. The van der Waals surface area contributed by atoms with E-state index < -0.39 is 0 Å². The van der Waals surface area contributed by atoms with Gasteiger partial charge in [0.25, 0.3) is 0 Å². The van der Waals surface area contributed by atoms with E-state index in [0.29, 0.717) is 0 Å². The Morgan fingerprint density at radius 1 is 1.14 bits per heavy atom. The van der Waals surface area contributed by atoms with E-state index in [1.807, 2.05) is 23.1 Å². The zero-order valence-electron chi connectivity index (χ0n) is 7.91. The van der Waals surface area contributed by atoms with Crippen LogP contribution in [0.15, 0.2) is 35.2 Å². The normalized spacial score (nSPS) is 13.5. The van der Waals surface area contributed by atoms with E-state index in [4.69, 9.17) is 0 Å². The standard InChI is InChI=1S/C12H10S2/c1-8-6-10-9-4-2-3-5-11(9)13-7-12(10)14-8/h2-6H,7H2,1H3. The summed E-state index contributed by atoms with van der Waals surface area (Å²) >= 11 is 3.89. The Morgan fingerprint density at radius 3 is 2.93 bits per heavy atom. The second kappa shape index (κ2) is 3.14. The Kier molecular flexibility index (Phi) is 1.92. The molecule has 70 valence electrons. The largest absolute Gasteiger partial charge is 0.144 e. The fourth-order valence-corrected chi connectivity index (χ4v) is 4.06. The van der Waals surface area contributed by atoms with Gasteiger partial charge in [-0.05, 0) is 30.2 Å². The molecule has 0 saturated carbocycles. The number of thioether (sulfide) groups is 1. The summed E-state index contributed by atoms with van der Waals surface area (Å²) in [6.07, 6.45) is 0. The molecule has 1 aliphatic heterocycles. The van der Waals surface area contributed by atoms with Crippen LogP contribution in [0.1, 0.15) is 9.75 Å². The van der Waals surface area contributed by atoms with Crippen molar-refractivity contribution in [2.45, 2.75) is 17.6 Å². The van der Waals surface area contributed by atoms with Crippen LogP contribution in [-0.4, -0.2) is 0 Å². The molecule has 0 spiro atoms. The molecule has 0 atom stereocenters. The first-order valence-corrected chi connectivity index (χ1v) is 6.46. The molecule has 0 bridgehead atoms. The van der Waals surface area contributed by atoms with Crippen LogP contribution in [0, 0.1) is 6.92 Å². The fraction of sp³-hybridized carbons (Fsp3) is 0.167. The van der Waals surface area contributed by atoms with Crippen molar-refractivity contribution in [2.24, 2.45) is 0 Å². The number of aryl methyl sites for hydroxylation is 1. The number of thiophene rings is 1. The Morgan fingerprint density at radius 2 is 2.00 bits per heavy atom. The molecule has 14 heavy (non-hydrogen) atoms. The summed E-state index contributed by atoms with van der Waals surface area (Å²) < 4.78 is 0. The lowest BCUT2D eigenvalue weighted by Gasteiger charge is -2.14. The number of fused-ring (bicyclic) bond motifs is 3. The lowest BCUT2D eigenvalue weighted by atomic mass is 10.1. The molecule has 0 radical (unpaired) electrons. The fourth-order valence-electron chi connectivity index (χ4n) is 1.86. The van der Waals surface area contributed by atoms with Gasteiger partial charge in [-0.25, -0.2) is 0 Å². The third-order valence-corrected chi connectivity index (χ3v) is 4.80. The maximum atomic E-state index is 2.32. The average Bonchev–Trinajstić information content (AvgIpc) is 2.59. The number of benzene rings is 1. The highest BCUT2D eigenvalue weighted by Crippen LogP contribution is 2.44. The van der Waals surface area contributed by atoms with Gasteiger partial charge in [-0.3, -0.25) is 0 Å². The first kappa shape index (κ1) is 8.57. The van der Waals surface area contributed by atoms with Crippen molar-refractivity contribution < 1.29 is 0 Å². The summed E-state index contributed by atoms with van der Waals surface area (Å²) in [7, 11) is 0. The highest BCUT2D eigenvalue weighted by molar-refractivity contribution is 7.98. The van der Waals surface area contributed by atoms with Crippen molar-refractivity contribution in [2.75, 3.05) is 0 Å². The van der Waals surface area contributed by atoms with Gasteiger partial charge in [0.2, 0.25) is 0 Å². The van der Waals surface area contributed by atoms with Gasteiger partial charge < -0.3 is 0 Å². The highest BCUT2D eigenvalue weighted by atomic mass is 32.2. The Balaban J connectivity index is 2.28. The van der Waals surface area contributed by atoms with Crippen molar-refractivity contribution in [3.63, 3.8) is 0 Å². The van der Waals surface area contributed by atoms with E-state index in [1.54, 1.807) is 0 Å². The minimum absolute atomic E-state index is 1.14. The first-order chi connectivity index (χ1) is 6.84. The molecule has 1 aromatic heterocycles. The Labute approximate surface area is 92.0 Å². The van der Waals surface area contributed by atoms with Crippen molar-refractivity contribution in [1.29, 1.82) is 0 Å². The van der Waals surface area contributed by atoms with Crippen LogP contribution in [0.3, 0.4) is 0 Å². The molecule has 2 aromatic rings. The topological polar surface area (TPSA) is 0 Å². The minimum Gasteiger partial charge on any atom is -0.144 e. The third kappa shape index (κ3) is 1.22. The van der Waals surface area contributed by atoms with E-state index >= 15 is 0 Å². The summed E-state index contributed by atoms with van der Waals surface area (Å²) in [6.45, 7) is 2.19. The molecular weight excluding hydrogens is 208 g/mol. The third-order valence-electron chi connectivity index (χ3n) is 2.47. The van der Waals surface area contributed by atoms with Crippen LogP contribution in [0.5, 0.6) is 0 Å². The van der Waals surface area contributed by atoms with Crippen molar-refractivity contribution >= 4 is 23.1 Å². The number of rotatable bonds is 0. The van der Waals surface area contributed by atoms with E-state index in [9.17, 15) is 0 Å². The zero-order valence-corrected chi connectivity index (χ0v) is 9.54. The predicted molar refractivity (Wildman–Crippen MR) is 64.1 cm³/mol. The second-order valence-corrected chi connectivity index (χ2v) is 5.84. The van der Waals surface area contributed by atoms with Crippen molar-refractivity contribution in [1.82, 2.24) is 0 Å². The lowest BCUT2D eigenvalue weighted by Crippen LogP contribution is -1.90. The second-order valence-electron chi connectivity index (χ2n) is 3.48. The molecule has 0 nitrogen and oxygen atoms in total. The van der Waals surface area contributed by atoms with Gasteiger partial charge in [0.15, 0.2) is 0 Å². The van der Waals surface area contributed by atoms with Gasteiger partial charge >= 0.3 is 0 Å². The van der Waals surface area contributed by atoms with Gasteiger partial charge in [0, 0.05) is 20.4 Å². The number of hydrogen-bond donors (Lipinski definition) is 0. The maximum Gasteiger partial charge on any atom is 0.0332 e. The molecule has 0 N–H and O–H groups in total. The number of hydrogen-bond acceptors (Lipinski definition) is 2. The summed E-state index contributed by atoms with van der Waals surface area (Å²) in [5.74, 6) is 1.14. The molecule has 1 aromatic carbocycles. The predicted octanol–water partition coefficient (Wildman–Crippen LogP) is 4.33. The summed E-state index contributed by atoms with van der Waals surface area (Å²) in [6, 6.07) is 11.0. The van der Waals surface area contributed by atoms with Gasteiger partial charge in [0.05, 0.1) is 0 Å². The van der Waals surface area contributed by atoms with Crippen molar-refractivity contribution in [3.8, 4) is 11.1 Å². The van der Waals surface area contributed by atoms with Gasteiger partial charge in [0.1, 0.15) is 0 Å². The van der Waals surface area contributed by atoms with E-state index in [1.165, 1.54) is 25.8 Å². The summed E-state index contributed by atoms with van der Waals surface area (Å²) in [5.41, 5.74) is 2.88. The quantitative estimate of drug-likeness (QED) is 0.634. The molecule has 0 saturated heterocycles. The van der Waals surface area contributed by atoms with Crippen LogP contribution in [-0.2, 0) is 5.75 Å². The van der Waals surface area contributed by atoms with E-state index in [2.05, 4.69) is 37.3 Å². The Hall–Kier alpha value is -0.730. The molecule has 2 heteroatoms. The molecule has 0 amide bonds. The van der Waals surface area contributed by atoms with Crippen LogP contribution < -0.4 is 0 Å². The van der Waals surface area contributed by atoms with Gasteiger partial charge in [-0.2, -0.15) is 0 Å². The smallest absolute Gasteiger partial charge is 0.0332 e. The molecule has 0 fully saturated rings. The molecule has 0 unspecified atom stereocenters. The summed E-state index contributed by atoms with van der Waals surface area (Å²) in [4.78, 5) is 4.39. The SMILES string of the molecule is Cc1cc2c(s1)CSc1ccccc1-2.